The van der Waals surface area contributed by atoms with E-state index in [0.29, 0.717) is 18.2 Å². The molecule has 4 nitrogen and oxygen atoms in total. The Kier molecular flexibility index (Phi) is 4.87. The third kappa shape index (κ3) is 3.25. The van der Waals surface area contributed by atoms with Crippen molar-refractivity contribution in [1.82, 2.24) is 5.43 Å². The minimum absolute atomic E-state index is 0.338. The number of ether oxygens (including phenoxy) is 1. The van der Waals surface area contributed by atoms with Gasteiger partial charge in [0.1, 0.15) is 0 Å². The molecular weight excluding hydrogens is 178 g/mol. The lowest BCUT2D eigenvalue weighted by atomic mass is 10.0. The van der Waals surface area contributed by atoms with Crippen molar-refractivity contribution in [3.63, 3.8) is 0 Å². The van der Waals surface area contributed by atoms with Gasteiger partial charge >= 0.3 is 0 Å². The van der Waals surface area contributed by atoms with Crippen molar-refractivity contribution < 1.29 is 4.74 Å². The van der Waals surface area contributed by atoms with Crippen LogP contribution in [0.1, 0.15) is 40.0 Å². The summed E-state index contributed by atoms with van der Waals surface area (Å²) in [7, 11) is 0. The zero-order valence-corrected chi connectivity index (χ0v) is 9.36. The third-order valence-electron chi connectivity index (χ3n) is 2.69. The molecule has 0 radical (unpaired) electrons. The van der Waals surface area contributed by atoms with E-state index in [-0.39, 0.29) is 0 Å². The molecule has 0 saturated heterocycles. The molecule has 1 N–H and O–H groups in total. The molecule has 1 rings (SSSR count). The zero-order valence-electron chi connectivity index (χ0n) is 9.36. The largest absolute Gasteiger partial charge is 0.379 e. The minimum Gasteiger partial charge on any atom is -0.379 e. The lowest BCUT2D eigenvalue weighted by molar-refractivity contribution is 0.0513. The van der Waals surface area contributed by atoms with Crippen molar-refractivity contribution >= 4 is 0 Å². The lowest BCUT2D eigenvalue weighted by Crippen LogP contribution is -2.28. The number of rotatable bonds is 6. The van der Waals surface area contributed by atoms with E-state index in [1.165, 1.54) is 0 Å². The van der Waals surface area contributed by atoms with Crippen molar-refractivity contribution in [2.24, 2.45) is 10.3 Å². The average molecular weight is 199 g/mol. The Morgan fingerprint density at radius 1 is 1.43 bits per heavy atom. The van der Waals surface area contributed by atoms with Gasteiger partial charge in [-0.1, -0.05) is 12.1 Å². The predicted octanol–water partition coefficient (Wildman–Crippen LogP) is 2.31. The average Bonchev–Trinajstić information content (AvgIpc) is 2.59. The SMILES string of the molecule is CCOC(CC)CCC1N=NNC1C. The molecule has 0 bridgehead atoms. The van der Waals surface area contributed by atoms with Crippen LogP contribution in [0.25, 0.3) is 0 Å². The highest BCUT2D eigenvalue weighted by atomic mass is 16.5. The topological polar surface area (TPSA) is 46.0 Å². The van der Waals surface area contributed by atoms with Crippen LogP contribution in [0.15, 0.2) is 10.3 Å². The van der Waals surface area contributed by atoms with Gasteiger partial charge < -0.3 is 4.74 Å². The van der Waals surface area contributed by atoms with Crippen molar-refractivity contribution in [2.45, 2.75) is 58.2 Å². The van der Waals surface area contributed by atoms with E-state index >= 15 is 0 Å². The molecule has 0 aromatic rings. The fraction of sp³-hybridized carbons (Fsp3) is 1.00. The fourth-order valence-corrected chi connectivity index (χ4v) is 1.69. The molecule has 3 atom stereocenters. The van der Waals surface area contributed by atoms with E-state index < -0.39 is 0 Å². The molecule has 0 saturated carbocycles. The first kappa shape index (κ1) is 11.4. The summed E-state index contributed by atoms with van der Waals surface area (Å²) < 4.78 is 5.59. The quantitative estimate of drug-likeness (QED) is 0.713. The van der Waals surface area contributed by atoms with Crippen molar-refractivity contribution in [1.29, 1.82) is 0 Å². The maximum absolute atomic E-state index is 5.59. The molecule has 0 amide bonds. The Morgan fingerprint density at radius 2 is 2.21 bits per heavy atom. The van der Waals surface area contributed by atoms with Gasteiger partial charge in [-0.25, -0.2) is 0 Å². The van der Waals surface area contributed by atoms with Crippen molar-refractivity contribution in [3.8, 4) is 0 Å². The Hall–Kier alpha value is -0.640. The molecule has 4 heteroatoms. The van der Waals surface area contributed by atoms with Gasteiger partial charge in [0.2, 0.25) is 0 Å². The fourth-order valence-electron chi connectivity index (χ4n) is 1.69. The Labute approximate surface area is 86.1 Å². The van der Waals surface area contributed by atoms with Crippen LogP contribution in [-0.2, 0) is 4.74 Å². The third-order valence-corrected chi connectivity index (χ3v) is 2.69. The smallest absolute Gasteiger partial charge is 0.0945 e. The molecule has 0 aliphatic carbocycles. The zero-order chi connectivity index (χ0) is 10.4. The molecule has 82 valence electrons. The summed E-state index contributed by atoms with van der Waals surface area (Å²) in [4.78, 5) is 0. The number of hydrogen-bond acceptors (Lipinski definition) is 4. The number of nitrogens with zero attached hydrogens (tertiary/aromatic N) is 2. The summed E-state index contributed by atoms with van der Waals surface area (Å²) in [5.74, 6) is 0. The maximum Gasteiger partial charge on any atom is 0.0945 e. The van der Waals surface area contributed by atoms with Crippen LogP contribution in [0.2, 0.25) is 0 Å². The van der Waals surface area contributed by atoms with Crippen LogP contribution in [0, 0.1) is 0 Å². The maximum atomic E-state index is 5.59. The normalized spacial score (nSPS) is 27.6. The molecule has 0 aromatic heterocycles. The highest BCUT2D eigenvalue weighted by Gasteiger charge is 2.21. The van der Waals surface area contributed by atoms with Gasteiger partial charge in [-0.3, -0.25) is 5.43 Å². The molecular formula is C10H21N3O. The van der Waals surface area contributed by atoms with Gasteiger partial charge in [0.25, 0.3) is 0 Å². The molecule has 1 heterocycles. The summed E-state index contributed by atoms with van der Waals surface area (Å²) in [5, 5.41) is 7.97. The van der Waals surface area contributed by atoms with E-state index in [2.05, 4.69) is 29.6 Å². The molecule has 3 unspecified atom stereocenters. The molecule has 1 aliphatic rings. The van der Waals surface area contributed by atoms with Crippen molar-refractivity contribution in [2.75, 3.05) is 6.61 Å². The van der Waals surface area contributed by atoms with E-state index in [1.54, 1.807) is 0 Å². The van der Waals surface area contributed by atoms with Gasteiger partial charge in [-0.2, -0.15) is 5.11 Å². The van der Waals surface area contributed by atoms with E-state index in [4.69, 9.17) is 4.74 Å². The highest BCUT2D eigenvalue weighted by molar-refractivity contribution is 4.80. The van der Waals surface area contributed by atoms with Crippen LogP contribution < -0.4 is 5.43 Å². The van der Waals surface area contributed by atoms with E-state index in [0.717, 1.165) is 25.9 Å². The Balaban J connectivity index is 2.20. The second kappa shape index (κ2) is 5.96. The minimum atomic E-state index is 0.338. The number of hydrogen-bond donors (Lipinski definition) is 1. The summed E-state index contributed by atoms with van der Waals surface area (Å²) in [6.45, 7) is 7.13. The van der Waals surface area contributed by atoms with Crippen LogP contribution in [0.4, 0.5) is 0 Å². The van der Waals surface area contributed by atoms with Gasteiger partial charge in [0, 0.05) is 6.61 Å². The van der Waals surface area contributed by atoms with Gasteiger partial charge in [0.15, 0.2) is 0 Å². The van der Waals surface area contributed by atoms with Gasteiger partial charge in [-0.15, -0.1) is 0 Å². The summed E-state index contributed by atoms with van der Waals surface area (Å²) >= 11 is 0. The van der Waals surface area contributed by atoms with Crippen LogP contribution in [-0.4, -0.2) is 24.8 Å². The monoisotopic (exact) mass is 199 g/mol. The summed E-state index contributed by atoms with van der Waals surface area (Å²) in [5.41, 5.74) is 2.96. The van der Waals surface area contributed by atoms with Crippen molar-refractivity contribution in [3.05, 3.63) is 0 Å². The van der Waals surface area contributed by atoms with Crippen LogP contribution in [0.5, 0.6) is 0 Å². The Morgan fingerprint density at radius 3 is 2.71 bits per heavy atom. The number of nitrogens with one attached hydrogen (secondary N) is 1. The molecule has 1 aliphatic heterocycles. The van der Waals surface area contributed by atoms with E-state index in [1.807, 2.05) is 6.92 Å². The molecule has 0 fully saturated rings. The summed E-state index contributed by atoms with van der Waals surface area (Å²) in [6, 6.07) is 0.721. The van der Waals surface area contributed by atoms with Crippen LogP contribution in [0.3, 0.4) is 0 Å². The van der Waals surface area contributed by atoms with Gasteiger partial charge in [-0.05, 0) is 33.1 Å². The lowest BCUT2D eigenvalue weighted by Gasteiger charge is -2.17. The second-order valence-electron chi connectivity index (χ2n) is 3.76. The first-order valence-electron chi connectivity index (χ1n) is 5.54. The Bertz CT molecular complexity index is 184. The summed E-state index contributed by atoms with van der Waals surface area (Å²) in [6.07, 6.45) is 3.62. The van der Waals surface area contributed by atoms with Gasteiger partial charge in [0.05, 0.1) is 18.2 Å². The first-order chi connectivity index (χ1) is 6.77. The standard InChI is InChI=1S/C10H21N3O/c1-4-9(14-5-2)6-7-10-8(3)11-13-12-10/h8-10H,4-7H2,1-3H3,(H,11,12). The predicted molar refractivity (Wildman–Crippen MR) is 56.2 cm³/mol. The molecule has 14 heavy (non-hydrogen) atoms. The second-order valence-corrected chi connectivity index (χ2v) is 3.76. The molecule has 0 aromatic carbocycles. The first-order valence-corrected chi connectivity index (χ1v) is 5.54. The van der Waals surface area contributed by atoms with E-state index in [9.17, 15) is 0 Å². The molecule has 0 spiro atoms. The van der Waals surface area contributed by atoms with Crippen LogP contribution >= 0.6 is 0 Å². The highest BCUT2D eigenvalue weighted by Crippen LogP contribution is 2.16.